The molecule has 18 heavy (non-hydrogen) atoms. The van der Waals surface area contributed by atoms with E-state index in [9.17, 15) is 9.59 Å². The van der Waals surface area contributed by atoms with E-state index in [2.05, 4.69) is 5.32 Å². The standard InChI is InChI=1S/C13H22N2O3/c16-12(14-10-5-2-1-3-6-10)9-15-8-4-7-11(15)13(17)18/h10-11H,1-9H2,(H,14,16)(H,17,18). The molecule has 1 saturated heterocycles. The number of nitrogens with zero attached hydrogens (tertiary/aromatic N) is 1. The van der Waals surface area contributed by atoms with Crippen molar-refractivity contribution in [2.45, 2.75) is 57.0 Å². The molecule has 2 fully saturated rings. The van der Waals surface area contributed by atoms with E-state index in [1.807, 2.05) is 0 Å². The summed E-state index contributed by atoms with van der Waals surface area (Å²) in [7, 11) is 0. The molecular weight excluding hydrogens is 232 g/mol. The molecule has 0 spiro atoms. The van der Waals surface area contributed by atoms with Crippen LogP contribution in [0.25, 0.3) is 0 Å². The maximum Gasteiger partial charge on any atom is 0.320 e. The summed E-state index contributed by atoms with van der Waals surface area (Å²) in [6.45, 7) is 0.947. The molecule has 2 aliphatic rings. The topological polar surface area (TPSA) is 69.6 Å². The van der Waals surface area contributed by atoms with Crippen molar-refractivity contribution in [2.24, 2.45) is 0 Å². The number of amides is 1. The average Bonchev–Trinajstić information content (AvgIpc) is 2.78. The Balaban J connectivity index is 1.77. The number of carboxylic acid groups (broad SMARTS) is 1. The van der Waals surface area contributed by atoms with Gasteiger partial charge in [0.1, 0.15) is 6.04 Å². The fourth-order valence-electron chi connectivity index (χ4n) is 3.00. The van der Waals surface area contributed by atoms with Crippen LogP contribution in [-0.2, 0) is 9.59 Å². The third kappa shape index (κ3) is 3.45. The van der Waals surface area contributed by atoms with Gasteiger partial charge in [-0.25, -0.2) is 0 Å². The van der Waals surface area contributed by atoms with Crippen molar-refractivity contribution >= 4 is 11.9 Å². The van der Waals surface area contributed by atoms with Crippen LogP contribution in [0.3, 0.4) is 0 Å². The quantitative estimate of drug-likeness (QED) is 0.785. The minimum absolute atomic E-state index is 0.0185. The summed E-state index contributed by atoms with van der Waals surface area (Å²) in [6.07, 6.45) is 7.29. The zero-order valence-electron chi connectivity index (χ0n) is 10.7. The van der Waals surface area contributed by atoms with Gasteiger partial charge in [0.05, 0.1) is 6.54 Å². The van der Waals surface area contributed by atoms with Crippen LogP contribution < -0.4 is 5.32 Å². The van der Waals surface area contributed by atoms with Crippen molar-refractivity contribution < 1.29 is 14.7 Å². The van der Waals surface area contributed by atoms with Crippen LogP contribution in [0.2, 0.25) is 0 Å². The molecule has 0 bridgehead atoms. The van der Waals surface area contributed by atoms with E-state index in [-0.39, 0.29) is 12.5 Å². The SMILES string of the molecule is O=C(CN1CCCC1C(=O)O)NC1CCCCC1. The van der Waals surface area contributed by atoms with Crippen LogP contribution in [0.4, 0.5) is 0 Å². The number of hydrogen-bond acceptors (Lipinski definition) is 3. The van der Waals surface area contributed by atoms with Crippen LogP contribution in [0.1, 0.15) is 44.9 Å². The molecule has 0 aromatic rings. The third-order valence-corrected chi connectivity index (χ3v) is 3.97. The number of likely N-dealkylation sites (tertiary alicyclic amines) is 1. The Bertz CT molecular complexity index is 313. The van der Waals surface area contributed by atoms with Gasteiger partial charge >= 0.3 is 5.97 Å². The Morgan fingerprint density at radius 3 is 2.50 bits per heavy atom. The van der Waals surface area contributed by atoms with Crippen LogP contribution in [0.15, 0.2) is 0 Å². The number of hydrogen-bond donors (Lipinski definition) is 2. The van der Waals surface area contributed by atoms with Gasteiger partial charge in [0.2, 0.25) is 5.91 Å². The minimum Gasteiger partial charge on any atom is -0.480 e. The highest BCUT2D eigenvalue weighted by Crippen LogP contribution is 2.19. The molecule has 1 aliphatic carbocycles. The molecule has 0 radical (unpaired) electrons. The van der Waals surface area contributed by atoms with Gasteiger partial charge in [-0.3, -0.25) is 14.5 Å². The van der Waals surface area contributed by atoms with E-state index in [4.69, 9.17) is 5.11 Å². The molecule has 0 aromatic carbocycles. The number of rotatable bonds is 4. The largest absolute Gasteiger partial charge is 0.480 e. The monoisotopic (exact) mass is 254 g/mol. The van der Waals surface area contributed by atoms with Crippen LogP contribution >= 0.6 is 0 Å². The molecule has 1 atom stereocenters. The lowest BCUT2D eigenvalue weighted by molar-refractivity contribution is -0.142. The first-order chi connectivity index (χ1) is 8.66. The molecule has 2 N–H and O–H groups in total. The number of carboxylic acids is 1. The van der Waals surface area contributed by atoms with E-state index < -0.39 is 12.0 Å². The lowest BCUT2D eigenvalue weighted by Gasteiger charge is -2.25. The van der Waals surface area contributed by atoms with Crippen molar-refractivity contribution in [1.29, 1.82) is 0 Å². The Hall–Kier alpha value is -1.10. The van der Waals surface area contributed by atoms with Gasteiger partial charge in [-0.2, -0.15) is 0 Å². The van der Waals surface area contributed by atoms with E-state index in [0.29, 0.717) is 12.5 Å². The first-order valence-corrected chi connectivity index (χ1v) is 6.93. The second kappa shape index (κ2) is 6.18. The number of aliphatic carboxylic acids is 1. The van der Waals surface area contributed by atoms with Crippen LogP contribution in [0, 0.1) is 0 Å². The smallest absolute Gasteiger partial charge is 0.320 e. The number of carbonyl (C=O) groups is 2. The Labute approximate surface area is 108 Å². The molecule has 1 unspecified atom stereocenters. The highest BCUT2D eigenvalue weighted by atomic mass is 16.4. The van der Waals surface area contributed by atoms with Gasteiger partial charge in [-0.05, 0) is 32.2 Å². The van der Waals surface area contributed by atoms with Gasteiger partial charge in [0.25, 0.3) is 0 Å². The zero-order valence-corrected chi connectivity index (χ0v) is 10.7. The van der Waals surface area contributed by atoms with E-state index in [0.717, 1.165) is 25.8 Å². The summed E-state index contributed by atoms with van der Waals surface area (Å²) in [5, 5.41) is 12.1. The zero-order chi connectivity index (χ0) is 13.0. The maximum atomic E-state index is 11.9. The van der Waals surface area contributed by atoms with Gasteiger partial charge in [0, 0.05) is 6.04 Å². The molecule has 1 amide bonds. The summed E-state index contributed by atoms with van der Waals surface area (Å²) in [5.41, 5.74) is 0. The van der Waals surface area contributed by atoms with Crippen molar-refractivity contribution in [1.82, 2.24) is 10.2 Å². The Kier molecular flexibility index (Phi) is 4.58. The molecule has 0 aromatic heterocycles. The van der Waals surface area contributed by atoms with Gasteiger partial charge in [0.15, 0.2) is 0 Å². The first kappa shape index (κ1) is 13.3. The highest BCUT2D eigenvalue weighted by molar-refractivity contribution is 5.80. The van der Waals surface area contributed by atoms with Crippen LogP contribution in [0.5, 0.6) is 0 Å². The normalized spacial score (nSPS) is 26.1. The number of nitrogens with one attached hydrogen (secondary N) is 1. The predicted molar refractivity (Wildman–Crippen MR) is 67.2 cm³/mol. The van der Waals surface area contributed by atoms with Gasteiger partial charge < -0.3 is 10.4 Å². The molecule has 1 heterocycles. The van der Waals surface area contributed by atoms with Crippen molar-refractivity contribution in [3.8, 4) is 0 Å². The summed E-state index contributed by atoms with van der Waals surface area (Å²) in [4.78, 5) is 24.7. The second-order valence-corrected chi connectivity index (χ2v) is 5.37. The lowest BCUT2D eigenvalue weighted by atomic mass is 9.95. The first-order valence-electron chi connectivity index (χ1n) is 6.93. The van der Waals surface area contributed by atoms with Crippen molar-refractivity contribution in [3.63, 3.8) is 0 Å². The Morgan fingerprint density at radius 2 is 1.83 bits per heavy atom. The van der Waals surface area contributed by atoms with Crippen molar-refractivity contribution in [2.75, 3.05) is 13.1 Å². The predicted octanol–water partition coefficient (Wildman–Crippen LogP) is 0.984. The lowest BCUT2D eigenvalue weighted by Crippen LogP contribution is -2.46. The minimum atomic E-state index is -0.807. The Morgan fingerprint density at radius 1 is 1.11 bits per heavy atom. The fourth-order valence-corrected chi connectivity index (χ4v) is 3.00. The van der Waals surface area contributed by atoms with Crippen LogP contribution in [-0.4, -0.2) is 47.1 Å². The summed E-state index contributed by atoms with van der Waals surface area (Å²) < 4.78 is 0. The molecule has 1 aliphatic heterocycles. The average molecular weight is 254 g/mol. The summed E-state index contributed by atoms with van der Waals surface area (Å²) in [6, 6.07) is -0.167. The van der Waals surface area contributed by atoms with E-state index in [1.54, 1.807) is 4.90 Å². The second-order valence-electron chi connectivity index (χ2n) is 5.37. The molecule has 5 heteroatoms. The molecule has 102 valence electrons. The van der Waals surface area contributed by atoms with E-state index >= 15 is 0 Å². The molecule has 1 saturated carbocycles. The summed E-state index contributed by atoms with van der Waals surface area (Å²) in [5.74, 6) is -0.826. The third-order valence-electron chi connectivity index (χ3n) is 3.97. The van der Waals surface area contributed by atoms with Crippen molar-refractivity contribution in [3.05, 3.63) is 0 Å². The van der Waals surface area contributed by atoms with E-state index in [1.165, 1.54) is 19.3 Å². The molecule has 5 nitrogen and oxygen atoms in total. The fraction of sp³-hybridized carbons (Fsp3) is 0.846. The highest BCUT2D eigenvalue weighted by Gasteiger charge is 2.31. The maximum absolute atomic E-state index is 11.9. The van der Waals surface area contributed by atoms with Gasteiger partial charge in [-0.15, -0.1) is 0 Å². The number of carbonyl (C=O) groups excluding carboxylic acids is 1. The van der Waals surface area contributed by atoms with Gasteiger partial charge in [-0.1, -0.05) is 19.3 Å². The summed E-state index contributed by atoms with van der Waals surface area (Å²) >= 11 is 0. The molecular formula is C13H22N2O3. The molecule has 2 rings (SSSR count).